The van der Waals surface area contributed by atoms with E-state index in [-0.39, 0.29) is 11.4 Å². The van der Waals surface area contributed by atoms with Crippen molar-refractivity contribution in [1.29, 1.82) is 5.26 Å². The molecule has 0 aromatic carbocycles. The Bertz CT molecular complexity index is 517. The number of hydrogen-bond donors (Lipinski definition) is 0. The lowest BCUT2D eigenvalue weighted by atomic mass is 10.2. The van der Waals surface area contributed by atoms with Crippen LogP contribution in [0.15, 0.2) is 12.1 Å². The molecule has 0 radical (unpaired) electrons. The Morgan fingerprint density at radius 3 is 2.53 bits per heavy atom. The molecule has 0 spiro atoms. The van der Waals surface area contributed by atoms with Crippen LogP contribution >= 0.6 is 0 Å². The molecule has 0 saturated carbocycles. The van der Waals surface area contributed by atoms with Gasteiger partial charge in [0.05, 0.1) is 11.8 Å². The molecule has 0 aliphatic carbocycles. The van der Waals surface area contributed by atoms with Crippen LogP contribution in [-0.2, 0) is 10.0 Å². The summed E-state index contributed by atoms with van der Waals surface area (Å²) < 4.78 is 23.6. The van der Waals surface area contributed by atoms with Gasteiger partial charge in [0.15, 0.2) is 5.82 Å². The van der Waals surface area contributed by atoms with Gasteiger partial charge in [-0.3, -0.25) is 4.31 Å². The number of anilines is 1. The summed E-state index contributed by atoms with van der Waals surface area (Å²) >= 11 is 0. The molecule has 0 saturated heterocycles. The first kappa shape index (κ1) is 11.5. The third-order valence-electron chi connectivity index (χ3n) is 1.93. The minimum absolute atomic E-state index is 0.167. The molecule has 1 rings (SSSR count). The van der Waals surface area contributed by atoms with Gasteiger partial charge in [0.25, 0.3) is 0 Å². The van der Waals surface area contributed by atoms with Crippen LogP contribution in [0.4, 0.5) is 5.82 Å². The molecule has 6 heteroatoms. The zero-order valence-corrected chi connectivity index (χ0v) is 9.54. The molecule has 1 heterocycles. The summed E-state index contributed by atoms with van der Waals surface area (Å²) in [5.74, 6) is 0.167. The second-order valence-electron chi connectivity index (χ2n) is 3.17. The highest BCUT2D eigenvalue weighted by atomic mass is 32.2. The summed E-state index contributed by atoms with van der Waals surface area (Å²) in [5.41, 5.74) is 0.910. The molecule has 0 amide bonds. The number of nitriles is 1. The van der Waals surface area contributed by atoms with Crippen molar-refractivity contribution in [3.63, 3.8) is 0 Å². The minimum atomic E-state index is -3.39. The van der Waals surface area contributed by atoms with Gasteiger partial charge in [-0.25, -0.2) is 13.4 Å². The number of hydrogen-bond acceptors (Lipinski definition) is 4. The fourth-order valence-corrected chi connectivity index (χ4v) is 1.48. The van der Waals surface area contributed by atoms with Crippen molar-refractivity contribution >= 4 is 15.8 Å². The van der Waals surface area contributed by atoms with Crippen LogP contribution in [-0.4, -0.2) is 26.7 Å². The van der Waals surface area contributed by atoms with Crippen molar-refractivity contribution in [2.75, 3.05) is 17.6 Å². The number of sulfonamides is 1. The average molecular weight is 225 g/mol. The summed E-state index contributed by atoms with van der Waals surface area (Å²) in [7, 11) is -2.01. The monoisotopic (exact) mass is 225 g/mol. The van der Waals surface area contributed by atoms with E-state index in [1.807, 2.05) is 6.07 Å². The lowest BCUT2D eigenvalue weighted by Crippen LogP contribution is -2.26. The summed E-state index contributed by atoms with van der Waals surface area (Å²) in [6.45, 7) is 1.74. The van der Waals surface area contributed by atoms with Crippen molar-refractivity contribution in [1.82, 2.24) is 4.98 Å². The Labute approximate surface area is 89.0 Å². The molecule has 15 heavy (non-hydrogen) atoms. The van der Waals surface area contributed by atoms with E-state index in [0.29, 0.717) is 5.69 Å². The second-order valence-corrected chi connectivity index (χ2v) is 5.18. The normalized spacial score (nSPS) is 10.8. The standard InChI is InChI=1S/C9H11N3O2S/c1-7-4-5-8(6-10)9(11-7)12(2)15(3,13)14/h4-5H,1-3H3. The van der Waals surface area contributed by atoms with Gasteiger partial charge < -0.3 is 0 Å². The molecule has 0 unspecified atom stereocenters. The third-order valence-corrected chi connectivity index (χ3v) is 3.10. The first-order valence-electron chi connectivity index (χ1n) is 4.18. The van der Waals surface area contributed by atoms with E-state index in [2.05, 4.69) is 4.98 Å². The highest BCUT2D eigenvalue weighted by molar-refractivity contribution is 7.92. The molecule has 1 aromatic rings. The van der Waals surface area contributed by atoms with E-state index in [1.165, 1.54) is 7.05 Å². The highest BCUT2D eigenvalue weighted by Crippen LogP contribution is 2.18. The summed E-state index contributed by atoms with van der Waals surface area (Å²) in [6.07, 6.45) is 1.07. The van der Waals surface area contributed by atoms with Gasteiger partial charge in [-0.2, -0.15) is 5.26 Å². The van der Waals surface area contributed by atoms with Crippen LogP contribution in [0, 0.1) is 18.3 Å². The quantitative estimate of drug-likeness (QED) is 0.741. The average Bonchev–Trinajstić information content (AvgIpc) is 2.15. The molecule has 0 aliphatic heterocycles. The van der Waals surface area contributed by atoms with E-state index in [1.54, 1.807) is 19.1 Å². The van der Waals surface area contributed by atoms with Crippen LogP contribution in [0.2, 0.25) is 0 Å². The number of pyridine rings is 1. The molecule has 1 aromatic heterocycles. The molecule has 5 nitrogen and oxygen atoms in total. The molecule has 0 fully saturated rings. The van der Waals surface area contributed by atoms with Crippen LogP contribution in [0.5, 0.6) is 0 Å². The van der Waals surface area contributed by atoms with Gasteiger partial charge >= 0.3 is 0 Å². The van der Waals surface area contributed by atoms with Gasteiger partial charge in [0.1, 0.15) is 6.07 Å². The maximum Gasteiger partial charge on any atom is 0.233 e. The third kappa shape index (κ3) is 2.44. The Balaban J connectivity index is 3.37. The fourth-order valence-electron chi connectivity index (χ4n) is 1.03. The number of aryl methyl sites for hydroxylation is 1. The van der Waals surface area contributed by atoms with E-state index in [9.17, 15) is 8.42 Å². The Morgan fingerprint density at radius 1 is 1.47 bits per heavy atom. The molecule has 0 atom stereocenters. The predicted molar refractivity (Wildman–Crippen MR) is 56.9 cm³/mol. The van der Waals surface area contributed by atoms with Crippen molar-refractivity contribution in [3.05, 3.63) is 23.4 Å². The van der Waals surface area contributed by atoms with Gasteiger partial charge in [-0.05, 0) is 19.1 Å². The molecule has 80 valence electrons. The zero-order chi connectivity index (χ0) is 11.6. The van der Waals surface area contributed by atoms with Gasteiger partial charge in [0, 0.05) is 12.7 Å². The predicted octanol–water partition coefficient (Wildman–Crippen LogP) is 0.657. The van der Waals surface area contributed by atoms with Crippen LogP contribution in [0.1, 0.15) is 11.3 Å². The number of nitrogens with zero attached hydrogens (tertiary/aromatic N) is 3. The zero-order valence-electron chi connectivity index (χ0n) is 8.72. The van der Waals surface area contributed by atoms with Crippen molar-refractivity contribution in [2.45, 2.75) is 6.92 Å². The van der Waals surface area contributed by atoms with Gasteiger partial charge in [-0.15, -0.1) is 0 Å². The maximum atomic E-state index is 11.3. The first-order valence-corrected chi connectivity index (χ1v) is 6.02. The van der Waals surface area contributed by atoms with E-state index < -0.39 is 10.0 Å². The molecule has 0 N–H and O–H groups in total. The molecule has 0 bridgehead atoms. The van der Waals surface area contributed by atoms with E-state index >= 15 is 0 Å². The highest BCUT2D eigenvalue weighted by Gasteiger charge is 2.17. The van der Waals surface area contributed by atoms with Crippen LogP contribution in [0.3, 0.4) is 0 Å². The van der Waals surface area contributed by atoms with E-state index in [4.69, 9.17) is 5.26 Å². The van der Waals surface area contributed by atoms with E-state index in [0.717, 1.165) is 10.6 Å². The maximum absolute atomic E-state index is 11.3. The Kier molecular flexibility index (Phi) is 2.95. The van der Waals surface area contributed by atoms with Crippen LogP contribution < -0.4 is 4.31 Å². The SMILES string of the molecule is Cc1ccc(C#N)c(N(C)S(C)(=O)=O)n1. The summed E-state index contributed by atoms with van der Waals surface area (Å²) in [5, 5.41) is 8.81. The molecule has 0 aliphatic rings. The van der Waals surface area contributed by atoms with Crippen molar-refractivity contribution in [3.8, 4) is 6.07 Å². The van der Waals surface area contributed by atoms with Gasteiger partial charge in [-0.1, -0.05) is 0 Å². The number of aromatic nitrogens is 1. The summed E-state index contributed by atoms with van der Waals surface area (Å²) in [6, 6.07) is 5.13. The largest absolute Gasteiger partial charge is 0.256 e. The van der Waals surface area contributed by atoms with Crippen molar-refractivity contribution < 1.29 is 8.42 Å². The smallest absolute Gasteiger partial charge is 0.233 e. The topological polar surface area (TPSA) is 74.1 Å². The van der Waals surface area contributed by atoms with Crippen LogP contribution in [0.25, 0.3) is 0 Å². The molecular weight excluding hydrogens is 214 g/mol. The lowest BCUT2D eigenvalue weighted by Gasteiger charge is -2.16. The fraction of sp³-hybridized carbons (Fsp3) is 0.333. The second kappa shape index (κ2) is 3.87. The summed E-state index contributed by atoms with van der Waals surface area (Å²) in [4.78, 5) is 4.03. The van der Waals surface area contributed by atoms with Gasteiger partial charge in [0.2, 0.25) is 10.0 Å². The lowest BCUT2D eigenvalue weighted by molar-refractivity contribution is 0.599. The Hall–Kier alpha value is -1.61. The Morgan fingerprint density at radius 2 is 2.07 bits per heavy atom. The number of rotatable bonds is 2. The molecular formula is C9H11N3O2S. The minimum Gasteiger partial charge on any atom is -0.256 e. The van der Waals surface area contributed by atoms with Crippen molar-refractivity contribution in [2.24, 2.45) is 0 Å². The first-order chi connectivity index (χ1) is 6.86.